The molecule has 0 aliphatic carbocycles. The topological polar surface area (TPSA) is 116 Å². The Hall–Kier alpha value is -14.9. The van der Waals surface area contributed by atoms with E-state index >= 15 is 0 Å². The highest BCUT2D eigenvalue weighted by Crippen LogP contribution is 2.34. The van der Waals surface area contributed by atoms with Crippen molar-refractivity contribution in [2.45, 2.75) is 0 Å². The molecule has 0 aliphatic rings. The third-order valence-corrected chi connectivity index (χ3v) is 18.7. The van der Waals surface area contributed by atoms with Crippen LogP contribution < -0.4 is 0 Å². The Kier molecular flexibility index (Phi) is 21.1. The summed E-state index contributed by atoms with van der Waals surface area (Å²) in [4.78, 5) is 43.0. The van der Waals surface area contributed by atoms with Crippen molar-refractivity contribution in [3.05, 3.63) is 418 Å². The first kappa shape index (κ1) is 70.4. The van der Waals surface area contributed by atoms with Gasteiger partial charge in [-0.2, -0.15) is 0 Å². The van der Waals surface area contributed by atoms with Crippen LogP contribution in [0.2, 0.25) is 0 Å². The van der Waals surface area contributed by atoms with E-state index in [9.17, 15) is 13.2 Å². The van der Waals surface area contributed by atoms with Crippen LogP contribution in [-0.4, -0.2) is 44.9 Å². The highest BCUT2D eigenvalue weighted by atomic mass is 19.1. The number of hydrogen-bond donors (Lipinski definition) is 0. The average Bonchev–Trinajstić information content (AvgIpc) is 0.804. The Labute approximate surface area is 641 Å². The first-order chi connectivity index (χ1) is 54.7. The quantitative estimate of drug-likeness (QED) is 0.0989. The van der Waals surface area contributed by atoms with Crippen LogP contribution in [0.5, 0.6) is 0 Å². The molecule has 9 nitrogen and oxygen atoms in total. The zero-order valence-electron chi connectivity index (χ0n) is 59.8. The Balaban J connectivity index is 0.000000128. The SMILES string of the molecule is Fc1ccc(-c2ccc(-c3ccc(-c4ccc(-c5nc(-c6ccccc6)nc(-c6ccccc6)n5)cc4)cc3)cc2)cc1.Fc1ccc(-c2ccc(-c3ccc(-c4nc(-c5ccccc5)nc(-c5ccccc5)n4)cc3)cc2)cc1.Fc1ccc(-c2ccc(-c3nc(-c4ccccc4)nc(-c4ccccc4)n3)cc2)cc1. The summed E-state index contributed by atoms with van der Waals surface area (Å²) < 4.78 is 39.7. The van der Waals surface area contributed by atoms with E-state index in [0.29, 0.717) is 52.4 Å². The zero-order chi connectivity index (χ0) is 75.1. The Morgan fingerprint density at radius 3 is 0.306 bits per heavy atom. The van der Waals surface area contributed by atoms with E-state index in [4.69, 9.17) is 44.9 Å². The summed E-state index contributed by atoms with van der Waals surface area (Å²) in [5.74, 6) is 5.02. The molecule has 3 aromatic heterocycles. The molecule has 0 radical (unpaired) electrons. The second kappa shape index (κ2) is 33.3. The molecule has 12 heteroatoms. The van der Waals surface area contributed by atoms with Crippen molar-refractivity contribution in [1.29, 1.82) is 0 Å². The van der Waals surface area contributed by atoms with E-state index in [1.54, 1.807) is 36.4 Å². The van der Waals surface area contributed by atoms with Crippen LogP contribution >= 0.6 is 0 Å². The van der Waals surface area contributed by atoms with Gasteiger partial charge in [-0.3, -0.25) is 0 Å². The van der Waals surface area contributed by atoms with Crippen LogP contribution in [0.25, 0.3) is 169 Å². The number of hydrogen-bond acceptors (Lipinski definition) is 9. The number of aromatic nitrogens is 9. The third-order valence-electron chi connectivity index (χ3n) is 18.7. The molecule has 3 heterocycles. The van der Waals surface area contributed by atoms with Gasteiger partial charge in [0, 0.05) is 50.1 Å². The molecule has 0 N–H and O–H groups in total. The molecule has 0 saturated heterocycles. The van der Waals surface area contributed by atoms with Gasteiger partial charge in [0.1, 0.15) is 17.5 Å². The maximum absolute atomic E-state index is 13.3. The molecular formula is C99H66F3N9. The molecule has 0 saturated carbocycles. The first-order valence-corrected chi connectivity index (χ1v) is 36.2. The molecule has 18 rings (SSSR count). The van der Waals surface area contributed by atoms with Crippen LogP contribution in [0.4, 0.5) is 13.2 Å². The summed E-state index contributed by atoms with van der Waals surface area (Å²) in [6, 6.07) is 129. The maximum Gasteiger partial charge on any atom is 0.164 e. The minimum Gasteiger partial charge on any atom is -0.208 e. The van der Waals surface area contributed by atoms with E-state index in [2.05, 4.69) is 109 Å². The van der Waals surface area contributed by atoms with Gasteiger partial charge in [0.2, 0.25) is 0 Å². The summed E-state index contributed by atoms with van der Waals surface area (Å²) in [5, 5.41) is 0. The molecule has 0 fully saturated rings. The van der Waals surface area contributed by atoms with E-state index in [-0.39, 0.29) is 17.5 Å². The predicted octanol–water partition coefficient (Wildman–Crippen LogP) is 25.0. The number of rotatable bonds is 15. The number of halogens is 3. The van der Waals surface area contributed by atoms with Crippen molar-refractivity contribution in [2.75, 3.05) is 0 Å². The molecule has 0 bridgehead atoms. The summed E-state index contributed by atoms with van der Waals surface area (Å²) in [7, 11) is 0. The molecule has 0 spiro atoms. The summed E-state index contributed by atoms with van der Waals surface area (Å²) in [6.45, 7) is 0. The van der Waals surface area contributed by atoms with Crippen LogP contribution in [0, 0.1) is 17.5 Å². The monoisotopic (exact) mass is 1440 g/mol. The van der Waals surface area contributed by atoms with Crippen LogP contribution in [0.1, 0.15) is 0 Å². The first-order valence-electron chi connectivity index (χ1n) is 36.2. The van der Waals surface area contributed by atoms with Crippen molar-refractivity contribution in [3.63, 3.8) is 0 Å². The fourth-order valence-corrected chi connectivity index (χ4v) is 12.7. The van der Waals surface area contributed by atoms with Crippen molar-refractivity contribution < 1.29 is 13.2 Å². The van der Waals surface area contributed by atoms with Crippen LogP contribution in [0.3, 0.4) is 0 Å². The largest absolute Gasteiger partial charge is 0.208 e. The molecule has 111 heavy (non-hydrogen) atoms. The van der Waals surface area contributed by atoms with Crippen molar-refractivity contribution in [2.24, 2.45) is 0 Å². The Bertz CT molecular complexity index is 5930. The molecule has 528 valence electrons. The van der Waals surface area contributed by atoms with E-state index < -0.39 is 0 Å². The molecule has 0 amide bonds. The van der Waals surface area contributed by atoms with Crippen LogP contribution in [-0.2, 0) is 0 Å². The van der Waals surface area contributed by atoms with Gasteiger partial charge in [-0.15, -0.1) is 0 Å². The number of nitrogens with zero attached hydrogens (tertiary/aromatic N) is 9. The van der Waals surface area contributed by atoms with Gasteiger partial charge < -0.3 is 0 Å². The second-order valence-corrected chi connectivity index (χ2v) is 26.1. The average molecular weight is 1440 g/mol. The summed E-state index contributed by atoms with van der Waals surface area (Å²) >= 11 is 0. The molecular weight excluding hydrogens is 1370 g/mol. The summed E-state index contributed by atoms with van der Waals surface area (Å²) in [5.41, 5.74) is 21.2. The van der Waals surface area contributed by atoms with E-state index in [1.165, 1.54) is 36.4 Å². The minimum atomic E-state index is -0.243. The lowest BCUT2D eigenvalue weighted by molar-refractivity contribution is 0.627. The lowest BCUT2D eigenvalue weighted by Gasteiger charge is -2.09. The highest BCUT2D eigenvalue weighted by Gasteiger charge is 2.17. The maximum atomic E-state index is 13.3. The lowest BCUT2D eigenvalue weighted by Crippen LogP contribution is -2.00. The van der Waals surface area contributed by atoms with E-state index in [1.807, 2.05) is 218 Å². The Morgan fingerprint density at radius 2 is 0.189 bits per heavy atom. The molecule has 15 aromatic carbocycles. The number of benzene rings is 15. The van der Waals surface area contributed by atoms with Gasteiger partial charge in [-0.05, 0) is 103 Å². The molecule has 0 unspecified atom stereocenters. The molecule has 0 aliphatic heterocycles. The van der Waals surface area contributed by atoms with Gasteiger partial charge in [0.25, 0.3) is 0 Å². The van der Waals surface area contributed by atoms with E-state index in [0.717, 1.165) is 117 Å². The van der Waals surface area contributed by atoms with Gasteiger partial charge in [-0.1, -0.05) is 364 Å². The third kappa shape index (κ3) is 17.2. The van der Waals surface area contributed by atoms with Crippen LogP contribution in [0.15, 0.2) is 400 Å². The van der Waals surface area contributed by atoms with Crippen molar-refractivity contribution in [3.8, 4) is 169 Å². The lowest BCUT2D eigenvalue weighted by atomic mass is 9.97. The minimum absolute atomic E-state index is 0.227. The second-order valence-electron chi connectivity index (χ2n) is 26.1. The van der Waals surface area contributed by atoms with Crippen molar-refractivity contribution >= 4 is 0 Å². The van der Waals surface area contributed by atoms with Gasteiger partial charge in [0.15, 0.2) is 52.4 Å². The van der Waals surface area contributed by atoms with Gasteiger partial charge >= 0.3 is 0 Å². The zero-order valence-corrected chi connectivity index (χ0v) is 59.8. The van der Waals surface area contributed by atoms with Gasteiger partial charge in [-0.25, -0.2) is 58.0 Å². The smallest absolute Gasteiger partial charge is 0.164 e. The molecule has 0 atom stereocenters. The molecule has 18 aromatic rings. The van der Waals surface area contributed by atoms with Gasteiger partial charge in [0.05, 0.1) is 0 Å². The highest BCUT2D eigenvalue weighted by molar-refractivity contribution is 5.78. The summed E-state index contributed by atoms with van der Waals surface area (Å²) in [6.07, 6.45) is 0. The standard InChI is InChI=1S/C39H26FN3.C33H22FN3.C27H18FN3/c40-36-25-23-32(24-26-36)30-17-15-28(16-18-30)27-11-13-29(14-12-27)31-19-21-35(22-20-31)39-42-37(33-7-3-1-4-8-33)41-38(43-39)34-9-5-2-6-10-34;34-30-21-19-26(20-22-30)24-13-11-23(12-14-24)25-15-17-29(18-16-25)33-36-31(27-7-3-1-4-8-27)35-32(37-33)28-9-5-2-6-10-28;28-24-17-15-20(16-18-24)19-11-13-23(14-12-19)27-30-25(21-7-3-1-4-8-21)29-26(31-27)22-9-5-2-6-10-22/h1-26H;1-22H;1-18H. The van der Waals surface area contributed by atoms with Crippen molar-refractivity contribution in [1.82, 2.24) is 44.9 Å². The normalized spacial score (nSPS) is 10.8. The fourth-order valence-electron chi connectivity index (χ4n) is 12.7. The predicted molar refractivity (Wildman–Crippen MR) is 441 cm³/mol. The Morgan fingerprint density at radius 1 is 0.0991 bits per heavy atom. The fraction of sp³-hybridized carbons (Fsp3) is 0.